The third kappa shape index (κ3) is 3.72. The van der Waals surface area contributed by atoms with Crippen LogP contribution >= 0.6 is 11.3 Å². The molecule has 1 aromatic carbocycles. The molecule has 0 fully saturated rings. The van der Waals surface area contributed by atoms with Crippen LogP contribution in [0.1, 0.15) is 27.7 Å². The van der Waals surface area contributed by atoms with Crippen molar-refractivity contribution in [3.63, 3.8) is 0 Å². The van der Waals surface area contributed by atoms with Gasteiger partial charge >= 0.3 is 0 Å². The Morgan fingerprint density at radius 1 is 1.48 bits per heavy atom. The maximum atomic E-state index is 12.5. The van der Waals surface area contributed by atoms with E-state index in [0.29, 0.717) is 16.6 Å². The lowest BCUT2D eigenvalue weighted by Crippen LogP contribution is -2.26. The zero-order valence-corrected chi connectivity index (χ0v) is 13.3. The van der Waals surface area contributed by atoms with Crippen molar-refractivity contribution in [3.8, 4) is 0 Å². The summed E-state index contributed by atoms with van der Waals surface area (Å²) in [6.07, 6.45) is 0. The summed E-state index contributed by atoms with van der Waals surface area (Å²) >= 11 is 1.30. The second-order valence-electron chi connectivity index (χ2n) is 4.91. The number of amides is 1. The molecule has 5 nitrogen and oxygen atoms in total. The first-order valence-corrected chi connectivity index (χ1v) is 7.64. The number of carbonyl (C=O) groups is 1. The molecule has 21 heavy (non-hydrogen) atoms. The van der Waals surface area contributed by atoms with Crippen molar-refractivity contribution in [2.45, 2.75) is 20.4 Å². The van der Waals surface area contributed by atoms with Gasteiger partial charge in [-0.05, 0) is 19.4 Å². The fourth-order valence-corrected chi connectivity index (χ4v) is 2.99. The first-order valence-electron chi connectivity index (χ1n) is 6.82. The van der Waals surface area contributed by atoms with Gasteiger partial charge < -0.3 is 16.0 Å². The van der Waals surface area contributed by atoms with Crippen molar-refractivity contribution in [3.05, 3.63) is 40.3 Å². The maximum absolute atomic E-state index is 12.5. The number of nitrogen functional groups attached to an aromatic ring is 1. The van der Waals surface area contributed by atoms with Gasteiger partial charge in [0.15, 0.2) is 5.13 Å². The van der Waals surface area contributed by atoms with Gasteiger partial charge in [0.2, 0.25) is 0 Å². The monoisotopic (exact) mass is 304 g/mol. The van der Waals surface area contributed by atoms with Gasteiger partial charge in [-0.15, -0.1) is 0 Å². The van der Waals surface area contributed by atoms with Crippen LogP contribution in [0.4, 0.5) is 10.9 Å². The maximum Gasteiger partial charge on any atom is 0.267 e. The summed E-state index contributed by atoms with van der Waals surface area (Å²) in [6.45, 7) is 5.31. The van der Waals surface area contributed by atoms with Crippen molar-refractivity contribution >= 4 is 28.2 Å². The number of hydrogen-bond donors (Lipinski definition) is 2. The molecule has 0 unspecified atom stereocenters. The van der Waals surface area contributed by atoms with Gasteiger partial charge in [0.1, 0.15) is 10.7 Å². The molecule has 0 spiro atoms. The molecule has 0 aliphatic heterocycles. The number of rotatable bonds is 5. The number of benzene rings is 1. The van der Waals surface area contributed by atoms with E-state index in [9.17, 15) is 4.79 Å². The van der Waals surface area contributed by atoms with Crippen molar-refractivity contribution in [2.24, 2.45) is 0 Å². The van der Waals surface area contributed by atoms with Crippen molar-refractivity contribution in [1.82, 2.24) is 9.88 Å². The molecule has 0 saturated carbocycles. The van der Waals surface area contributed by atoms with Crippen LogP contribution in [-0.2, 0) is 6.54 Å². The summed E-state index contributed by atoms with van der Waals surface area (Å²) < 4.78 is 0. The van der Waals surface area contributed by atoms with E-state index in [1.54, 1.807) is 11.9 Å². The summed E-state index contributed by atoms with van der Waals surface area (Å²) in [5, 5.41) is 3.76. The molecule has 1 aromatic heterocycles. The molecule has 2 rings (SSSR count). The second kappa shape index (κ2) is 6.58. The van der Waals surface area contributed by atoms with Crippen LogP contribution in [0.25, 0.3) is 0 Å². The zero-order valence-electron chi connectivity index (χ0n) is 12.5. The van der Waals surface area contributed by atoms with E-state index in [1.165, 1.54) is 16.9 Å². The van der Waals surface area contributed by atoms with E-state index in [0.717, 1.165) is 12.1 Å². The Morgan fingerprint density at radius 2 is 2.24 bits per heavy atom. The van der Waals surface area contributed by atoms with Crippen LogP contribution in [0, 0.1) is 6.92 Å². The van der Waals surface area contributed by atoms with E-state index < -0.39 is 0 Å². The van der Waals surface area contributed by atoms with E-state index in [1.807, 2.05) is 32.0 Å². The van der Waals surface area contributed by atoms with Crippen molar-refractivity contribution in [2.75, 3.05) is 24.6 Å². The fourth-order valence-electron chi connectivity index (χ4n) is 2.04. The minimum atomic E-state index is -0.101. The Kier molecular flexibility index (Phi) is 4.80. The van der Waals surface area contributed by atoms with E-state index in [4.69, 9.17) is 5.73 Å². The van der Waals surface area contributed by atoms with Crippen LogP contribution in [-0.4, -0.2) is 29.4 Å². The number of carbonyl (C=O) groups excluding carboxylic acids is 1. The van der Waals surface area contributed by atoms with Crippen molar-refractivity contribution < 1.29 is 4.79 Å². The SMILES string of the molecule is CCNc1nc(N)c(C(=O)N(C)Cc2cccc(C)c2)s1. The highest BCUT2D eigenvalue weighted by atomic mass is 32.1. The lowest BCUT2D eigenvalue weighted by atomic mass is 10.1. The number of hydrogen-bond acceptors (Lipinski definition) is 5. The molecule has 112 valence electrons. The van der Waals surface area contributed by atoms with E-state index in [2.05, 4.69) is 16.4 Å². The number of nitrogens with two attached hydrogens (primary N) is 1. The van der Waals surface area contributed by atoms with Gasteiger partial charge in [0.05, 0.1) is 0 Å². The van der Waals surface area contributed by atoms with E-state index >= 15 is 0 Å². The van der Waals surface area contributed by atoms with Crippen LogP contribution in [0.2, 0.25) is 0 Å². The summed E-state index contributed by atoms with van der Waals surface area (Å²) in [5.41, 5.74) is 8.12. The highest BCUT2D eigenvalue weighted by Crippen LogP contribution is 2.26. The number of aryl methyl sites for hydroxylation is 1. The first kappa shape index (κ1) is 15.3. The molecule has 0 atom stereocenters. The summed E-state index contributed by atoms with van der Waals surface area (Å²) in [5.74, 6) is 0.188. The summed E-state index contributed by atoms with van der Waals surface area (Å²) in [4.78, 5) is 18.8. The van der Waals surface area contributed by atoms with Crippen LogP contribution in [0.3, 0.4) is 0 Å². The van der Waals surface area contributed by atoms with Crippen LogP contribution in [0.15, 0.2) is 24.3 Å². The predicted octanol–water partition coefficient (Wildman–Crippen LogP) is 2.74. The minimum absolute atomic E-state index is 0.101. The van der Waals surface area contributed by atoms with Crippen molar-refractivity contribution in [1.29, 1.82) is 0 Å². The molecule has 0 aliphatic carbocycles. The van der Waals surface area contributed by atoms with Gasteiger partial charge in [-0.2, -0.15) is 0 Å². The summed E-state index contributed by atoms with van der Waals surface area (Å²) in [7, 11) is 1.77. The largest absolute Gasteiger partial charge is 0.382 e. The lowest BCUT2D eigenvalue weighted by molar-refractivity contribution is 0.0790. The molecule has 0 aliphatic rings. The van der Waals surface area contributed by atoms with Gasteiger partial charge in [-0.1, -0.05) is 41.2 Å². The standard InChI is InChI=1S/C15H20N4OS/c1-4-17-15-18-13(16)12(21-15)14(20)19(3)9-11-7-5-6-10(2)8-11/h5-8H,4,9,16H2,1-3H3,(H,17,18). The van der Waals surface area contributed by atoms with Gasteiger partial charge in [-0.25, -0.2) is 4.98 Å². The fraction of sp³-hybridized carbons (Fsp3) is 0.333. The molecule has 0 bridgehead atoms. The molecular weight excluding hydrogens is 284 g/mol. The smallest absolute Gasteiger partial charge is 0.267 e. The lowest BCUT2D eigenvalue weighted by Gasteiger charge is -2.16. The molecule has 1 amide bonds. The number of anilines is 2. The second-order valence-corrected chi connectivity index (χ2v) is 5.91. The highest BCUT2D eigenvalue weighted by Gasteiger charge is 2.19. The van der Waals surface area contributed by atoms with Gasteiger partial charge in [0, 0.05) is 20.1 Å². The first-order chi connectivity index (χ1) is 10.0. The molecule has 6 heteroatoms. The Balaban J connectivity index is 2.12. The van der Waals surface area contributed by atoms with Gasteiger partial charge in [-0.3, -0.25) is 4.79 Å². The molecular formula is C15H20N4OS. The quantitative estimate of drug-likeness (QED) is 0.891. The third-order valence-corrected chi connectivity index (χ3v) is 4.04. The molecule has 1 heterocycles. The number of thiazole rings is 1. The Hall–Kier alpha value is -2.08. The minimum Gasteiger partial charge on any atom is -0.382 e. The number of aromatic nitrogens is 1. The van der Waals surface area contributed by atoms with Crippen LogP contribution in [0.5, 0.6) is 0 Å². The molecule has 0 radical (unpaired) electrons. The molecule has 3 N–H and O–H groups in total. The van der Waals surface area contributed by atoms with Crippen LogP contribution < -0.4 is 11.1 Å². The van der Waals surface area contributed by atoms with E-state index in [-0.39, 0.29) is 11.7 Å². The Morgan fingerprint density at radius 3 is 2.90 bits per heavy atom. The average Bonchev–Trinajstić information content (AvgIpc) is 2.79. The molecule has 0 saturated heterocycles. The third-order valence-electron chi connectivity index (χ3n) is 3.02. The topological polar surface area (TPSA) is 71.2 Å². The Bertz CT molecular complexity index is 638. The predicted molar refractivity (Wildman–Crippen MR) is 87.7 cm³/mol. The average molecular weight is 304 g/mol. The molecule has 2 aromatic rings. The normalized spacial score (nSPS) is 10.4. The van der Waals surface area contributed by atoms with Gasteiger partial charge in [0.25, 0.3) is 5.91 Å². The summed E-state index contributed by atoms with van der Waals surface area (Å²) in [6, 6.07) is 8.11. The Labute approximate surface area is 128 Å². The number of nitrogens with one attached hydrogen (secondary N) is 1. The highest BCUT2D eigenvalue weighted by molar-refractivity contribution is 7.18. The number of nitrogens with zero attached hydrogens (tertiary/aromatic N) is 2. The zero-order chi connectivity index (χ0) is 15.4.